The minimum Gasteiger partial charge on any atom is -0.351 e. The highest BCUT2D eigenvalue weighted by Gasteiger charge is 2.39. The zero-order chi connectivity index (χ0) is 21.9. The van der Waals surface area contributed by atoms with Crippen molar-refractivity contribution in [2.24, 2.45) is 5.92 Å². The molecular formula is C22H31N3O4S. The average Bonchev–Trinajstić information content (AvgIpc) is 3.21. The van der Waals surface area contributed by atoms with Crippen LogP contribution in [0.2, 0.25) is 0 Å². The fraction of sp³-hybridized carbons (Fsp3) is 0.545. The Morgan fingerprint density at radius 2 is 1.87 bits per heavy atom. The predicted molar refractivity (Wildman–Crippen MR) is 115 cm³/mol. The van der Waals surface area contributed by atoms with Gasteiger partial charge in [0.2, 0.25) is 21.8 Å². The minimum atomic E-state index is -3.58. The molecule has 0 aliphatic carbocycles. The van der Waals surface area contributed by atoms with Gasteiger partial charge in [0, 0.05) is 32.1 Å². The van der Waals surface area contributed by atoms with Gasteiger partial charge in [-0.25, -0.2) is 8.42 Å². The van der Waals surface area contributed by atoms with Crippen molar-refractivity contribution in [3.63, 3.8) is 0 Å². The van der Waals surface area contributed by atoms with Crippen LogP contribution in [0.25, 0.3) is 0 Å². The maximum absolute atomic E-state index is 13.1. The van der Waals surface area contributed by atoms with Gasteiger partial charge in [0.15, 0.2) is 0 Å². The molecule has 0 radical (unpaired) electrons. The van der Waals surface area contributed by atoms with E-state index in [0.29, 0.717) is 50.3 Å². The molecule has 2 heterocycles. The number of piperidine rings is 1. The van der Waals surface area contributed by atoms with Gasteiger partial charge in [-0.3, -0.25) is 9.59 Å². The minimum absolute atomic E-state index is 0.0326. The Balaban J connectivity index is 1.64. The molecule has 1 aromatic rings. The Hall–Kier alpha value is -2.19. The Bertz CT molecular complexity index is 920. The number of carbonyl (C=O) groups excluding carboxylic acids is 2. The Kier molecular flexibility index (Phi) is 6.98. The standard InChI is InChI=1S/C22H31N3O4S/c1-4-11-23-21(26)19-6-5-12-25(19)22(27)18-9-13-24(14-10-18)30(28,29)20-8-7-16(2)15-17(20)3/h4,7-8,15,18-19H,1,5-6,9-14H2,2-3H3,(H,23,26)/t19-/m0/s1. The number of nitrogens with zero attached hydrogens (tertiary/aromatic N) is 2. The number of hydrogen-bond acceptors (Lipinski definition) is 4. The number of carbonyl (C=O) groups is 2. The van der Waals surface area contributed by atoms with Crippen molar-refractivity contribution >= 4 is 21.8 Å². The first kappa shape index (κ1) is 22.5. The second kappa shape index (κ2) is 9.31. The van der Waals surface area contributed by atoms with Gasteiger partial charge in [0.1, 0.15) is 6.04 Å². The number of likely N-dealkylation sites (tertiary alicyclic amines) is 1. The molecule has 0 bridgehead atoms. The summed E-state index contributed by atoms with van der Waals surface area (Å²) in [6, 6.07) is 4.90. The van der Waals surface area contributed by atoms with Gasteiger partial charge in [-0.05, 0) is 51.2 Å². The van der Waals surface area contributed by atoms with Crippen LogP contribution in [0.5, 0.6) is 0 Å². The van der Waals surface area contributed by atoms with Gasteiger partial charge in [-0.15, -0.1) is 6.58 Å². The SMILES string of the molecule is C=CCNC(=O)[C@@H]1CCCN1C(=O)C1CCN(S(=O)(=O)c2ccc(C)cc2C)CC1. The van der Waals surface area contributed by atoms with Crippen molar-refractivity contribution in [1.29, 1.82) is 0 Å². The summed E-state index contributed by atoms with van der Waals surface area (Å²) in [6.45, 7) is 8.92. The van der Waals surface area contributed by atoms with E-state index in [9.17, 15) is 18.0 Å². The van der Waals surface area contributed by atoms with Gasteiger partial charge in [0.05, 0.1) is 4.90 Å². The molecule has 8 heteroatoms. The lowest BCUT2D eigenvalue weighted by Gasteiger charge is -2.34. The zero-order valence-corrected chi connectivity index (χ0v) is 18.6. The Morgan fingerprint density at radius 1 is 1.17 bits per heavy atom. The number of rotatable bonds is 6. The fourth-order valence-electron chi connectivity index (χ4n) is 4.40. The van der Waals surface area contributed by atoms with Crippen molar-refractivity contribution in [2.45, 2.75) is 50.5 Å². The molecule has 0 spiro atoms. The second-order valence-corrected chi connectivity index (χ2v) is 10.1. The molecule has 7 nitrogen and oxygen atoms in total. The van der Waals surface area contributed by atoms with Crippen LogP contribution in [-0.4, -0.2) is 61.7 Å². The summed E-state index contributed by atoms with van der Waals surface area (Å²) in [5.41, 5.74) is 1.76. The zero-order valence-electron chi connectivity index (χ0n) is 17.8. The van der Waals surface area contributed by atoms with Gasteiger partial charge in [0.25, 0.3) is 0 Å². The number of aryl methyl sites for hydroxylation is 2. The molecule has 164 valence electrons. The molecule has 0 aromatic heterocycles. The summed E-state index contributed by atoms with van der Waals surface area (Å²) in [7, 11) is -3.58. The summed E-state index contributed by atoms with van der Waals surface area (Å²) in [6.07, 6.45) is 4.03. The molecule has 1 N–H and O–H groups in total. The topological polar surface area (TPSA) is 86.8 Å². The van der Waals surface area contributed by atoms with E-state index in [1.807, 2.05) is 13.0 Å². The molecular weight excluding hydrogens is 402 g/mol. The quantitative estimate of drug-likeness (QED) is 0.695. The van der Waals surface area contributed by atoms with Crippen molar-refractivity contribution in [3.05, 3.63) is 42.0 Å². The van der Waals surface area contributed by atoms with E-state index in [-0.39, 0.29) is 17.7 Å². The van der Waals surface area contributed by atoms with Crippen LogP contribution in [0.15, 0.2) is 35.7 Å². The molecule has 1 atom stereocenters. The van der Waals surface area contributed by atoms with Crippen LogP contribution in [0.4, 0.5) is 0 Å². The number of benzene rings is 1. The summed E-state index contributed by atoms with van der Waals surface area (Å²) < 4.78 is 27.6. The largest absolute Gasteiger partial charge is 0.351 e. The molecule has 3 rings (SSSR count). The molecule has 1 aromatic carbocycles. The monoisotopic (exact) mass is 433 g/mol. The second-order valence-electron chi connectivity index (χ2n) is 8.17. The highest BCUT2D eigenvalue weighted by atomic mass is 32.2. The van der Waals surface area contributed by atoms with E-state index in [1.165, 1.54) is 4.31 Å². The lowest BCUT2D eigenvalue weighted by molar-refractivity contribution is -0.142. The molecule has 2 amide bonds. The maximum Gasteiger partial charge on any atom is 0.243 e. The smallest absolute Gasteiger partial charge is 0.243 e. The van der Waals surface area contributed by atoms with Crippen molar-refractivity contribution in [1.82, 2.24) is 14.5 Å². The maximum atomic E-state index is 13.1. The third-order valence-electron chi connectivity index (χ3n) is 6.01. The van der Waals surface area contributed by atoms with Gasteiger partial charge < -0.3 is 10.2 Å². The number of hydrogen-bond donors (Lipinski definition) is 1. The lowest BCUT2D eigenvalue weighted by Crippen LogP contribution is -2.50. The molecule has 2 saturated heterocycles. The van der Waals surface area contributed by atoms with E-state index in [1.54, 1.807) is 30.0 Å². The van der Waals surface area contributed by atoms with E-state index >= 15 is 0 Å². The first-order chi connectivity index (χ1) is 14.3. The fourth-order valence-corrected chi connectivity index (χ4v) is 6.07. The molecule has 0 saturated carbocycles. The van der Waals surface area contributed by atoms with E-state index < -0.39 is 16.1 Å². The summed E-state index contributed by atoms with van der Waals surface area (Å²) in [5, 5.41) is 2.78. The highest BCUT2D eigenvalue weighted by molar-refractivity contribution is 7.89. The Labute approximate surface area is 179 Å². The Morgan fingerprint density at radius 3 is 2.50 bits per heavy atom. The van der Waals surface area contributed by atoms with Crippen molar-refractivity contribution in [2.75, 3.05) is 26.2 Å². The van der Waals surface area contributed by atoms with E-state index in [4.69, 9.17) is 0 Å². The van der Waals surface area contributed by atoms with Crippen LogP contribution in [0, 0.1) is 19.8 Å². The number of nitrogens with one attached hydrogen (secondary N) is 1. The summed E-state index contributed by atoms with van der Waals surface area (Å²) in [4.78, 5) is 27.4. The molecule has 0 unspecified atom stereocenters. The molecule has 30 heavy (non-hydrogen) atoms. The number of sulfonamides is 1. The van der Waals surface area contributed by atoms with Gasteiger partial charge in [-0.1, -0.05) is 23.8 Å². The van der Waals surface area contributed by atoms with Gasteiger partial charge in [-0.2, -0.15) is 4.31 Å². The normalized spacial score (nSPS) is 20.9. The first-order valence-electron chi connectivity index (χ1n) is 10.5. The average molecular weight is 434 g/mol. The van der Waals surface area contributed by atoms with Gasteiger partial charge >= 0.3 is 0 Å². The van der Waals surface area contributed by atoms with Crippen LogP contribution in [0.3, 0.4) is 0 Å². The third kappa shape index (κ3) is 4.59. The third-order valence-corrected chi connectivity index (χ3v) is 8.07. The summed E-state index contributed by atoms with van der Waals surface area (Å²) in [5.74, 6) is -0.422. The first-order valence-corrected chi connectivity index (χ1v) is 12.0. The highest BCUT2D eigenvalue weighted by Crippen LogP contribution is 2.29. The lowest BCUT2D eigenvalue weighted by atomic mass is 9.96. The van der Waals surface area contributed by atoms with Crippen LogP contribution in [-0.2, 0) is 19.6 Å². The van der Waals surface area contributed by atoms with Crippen LogP contribution in [0.1, 0.15) is 36.8 Å². The van der Waals surface area contributed by atoms with E-state index in [0.717, 1.165) is 17.5 Å². The van der Waals surface area contributed by atoms with Crippen molar-refractivity contribution in [3.8, 4) is 0 Å². The molecule has 2 aliphatic rings. The van der Waals surface area contributed by atoms with Crippen molar-refractivity contribution < 1.29 is 18.0 Å². The predicted octanol–water partition coefficient (Wildman–Crippen LogP) is 2.00. The summed E-state index contributed by atoms with van der Waals surface area (Å²) >= 11 is 0. The van der Waals surface area contributed by atoms with Crippen LogP contribution >= 0.6 is 0 Å². The number of amides is 2. The molecule has 2 fully saturated rings. The van der Waals surface area contributed by atoms with E-state index in [2.05, 4.69) is 11.9 Å². The van der Waals surface area contributed by atoms with Crippen LogP contribution < -0.4 is 5.32 Å². The molecule has 2 aliphatic heterocycles.